The molecule has 98 valence electrons. The van der Waals surface area contributed by atoms with Crippen molar-refractivity contribution in [3.8, 4) is 0 Å². The summed E-state index contributed by atoms with van der Waals surface area (Å²) < 4.78 is 0. The number of amides is 1. The Hall–Kier alpha value is -1.84. The van der Waals surface area contributed by atoms with Gasteiger partial charge in [0.1, 0.15) is 0 Å². The van der Waals surface area contributed by atoms with Gasteiger partial charge in [-0.25, -0.2) is 0 Å². The number of carboxylic acid groups (broad SMARTS) is 1. The number of para-hydroxylation sites is 1. The van der Waals surface area contributed by atoms with Crippen molar-refractivity contribution in [1.29, 1.82) is 0 Å². The van der Waals surface area contributed by atoms with Crippen LogP contribution in [-0.2, 0) is 16.0 Å². The molecule has 4 nitrogen and oxygen atoms in total. The summed E-state index contributed by atoms with van der Waals surface area (Å²) in [5.41, 5.74) is 2.86. The van der Waals surface area contributed by atoms with Crippen molar-refractivity contribution in [1.82, 2.24) is 0 Å². The van der Waals surface area contributed by atoms with Crippen LogP contribution >= 0.6 is 0 Å². The molecular weight excluding hydrogens is 230 g/mol. The number of carbonyl (C=O) groups excluding carboxylic acids is 1. The lowest BCUT2D eigenvalue weighted by Crippen LogP contribution is -2.21. The van der Waals surface area contributed by atoms with Crippen LogP contribution in [0.1, 0.15) is 31.4 Å². The van der Waals surface area contributed by atoms with Crippen molar-refractivity contribution in [2.75, 3.05) is 5.32 Å². The summed E-state index contributed by atoms with van der Waals surface area (Å²) in [6, 6.07) is 5.84. The van der Waals surface area contributed by atoms with E-state index < -0.39 is 11.9 Å². The lowest BCUT2D eigenvalue weighted by atomic mass is 10.0. The number of rotatable bonds is 5. The minimum Gasteiger partial charge on any atom is -0.481 e. The van der Waals surface area contributed by atoms with Crippen LogP contribution < -0.4 is 5.32 Å². The first kappa shape index (κ1) is 14.2. The molecule has 0 fully saturated rings. The molecule has 1 atom stereocenters. The van der Waals surface area contributed by atoms with E-state index >= 15 is 0 Å². The molecule has 0 radical (unpaired) electrons. The maximum Gasteiger partial charge on any atom is 0.306 e. The Morgan fingerprint density at radius 1 is 1.39 bits per heavy atom. The SMILES string of the molecule is CCc1cccc(C)c1NC(=O)CC(C)C(=O)O. The van der Waals surface area contributed by atoms with Gasteiger partial charge in [0.25, 0.3) is 0 Å². The molecular formula is C14H19NO3. The van der Waals surface area contributed by atoms with E-state index in [1.54, 1.807) is 0 Å². The second-order valence-corrected chi connectivity index (χ2v) is 4.45. The lowest BCUT2D eigenvalue weighted by Gasteiger charge is -2.13. The maximum absolute atomic E-state index is 11.8. The molecule has 0 bridgehead atoms. The molecule has 0 aromatic heterocycles. The molecule has 0 spiro atoms. The molecule has 0 aliphatic heterocycles. The quantitative estimate of drug-likeness (QED) is 0.843. The van der Waals surface area contributed by atoms with Crippen LogP contribution in [-0.4, -0.2) is 17.0 Å². The summed E-state index contributed by atoms with van der Waals surface area (Å²) in [6.07, 6.45) is 0.818. The van der Waals surface area contributed by atoms with Gasteiger partial charge in [0.2, 0.25) is 5.91 Å². The van der Waals surface area contributed by atoms with Crippen LogP contribution in [0, 0.1) is 12.8 Å². The van der Waals surface area contributed by atoms with Gasteiger partial charge in [0, 0.05) is 12.1 Å². The largest absolute Gasteiger partial charge is 0.481 e. The molecule has 1 aromatic carbocycles. The van der Waals surface area contributed by atoms with Gasteiger partial charge in [-0.15, -0.1) is 0 Å². The van der Waals surface area contributed by atoms with Gasteiger partial charge in [-0.3, -0.25) is 9.59 Å². The third-order valence-electron chi connectivity index (χ3n) is 2.92. The molecule has 0 saturated carbocycles. The monoisotopic (exact) mass is 249 g/mol. The van der Waals surface area contributed by atoms with Crippen LogP contribution in [0.2, 0.25) is 0 Å². The Labute approximate surface area is 107 Å². The minimum absolute atomic E-state index is 0.00712. The van der Waals surface area contributed by atoms with E-state index in [1.165, 1.54) is 6.92 Å². The molecule has 0 aliphatic carbocycles. The van der Waals surface area contributed by atoms with E-state index in [4.69, 9.17) is 5.11 Å². The molecule has 2 N–H and O–H groups in total. The van der Waals surface area contributed by atoms with Crippen LogP contribution in [0.25, 0.3) is 0 Å². The van der Waals surface area contributed by atoms with Gasteiger partial charge in [0.15, 0.2) is 0 Å². The molecule has 1 unspecified atom stereocenters. The highest BCUT2D eigenvalue weighted by atomic mass is 16.4. The lowest BCUT2D eigenvalue weighted by molar-refractivity contribution is -0.142. The third-order valence-corrected chi connectivity index (χ3v) is 2.92. The van der Waals surface area contributed by atoms with Gasteiger partial charge in [-0.2, -0.15) is 0 Å². The van der Waals surface area contributed by atoms with E-state index in [2.05, 4.69) is 5.32 Å². The molecule has 4 heteroatoms. The molecule has 0 aliphatic rings. The molecule has 1 rings (SSSR count). The summed E-state index contributed by atoms with van der Waals surface area (Å²) in [5.74, 6) is -1.88. The third kappa shape index (κ3) is 3.58. The van der Waals surface area contributed by atoms with E-state index in [-0.39, 0.29) is 12.3 Å². The fourth-order valence-electron chi connectivity index (χ4n) is 1.76. The fourth-order valence-corrected chi connectivity index (χ4v) is 1.76. The number of carboxylic acids is 1. The average Bonchev–Trinajstić information content (AvgIpc) is 2.31. The second-order valence-electron chi connectivity index (χ2n) is 4.45. The number of hydrogen-bond acceptors (Lipinski definition) is 2. The Balaban J connectivity index is 2.79. The van der Waals surface area contributed by atoms with Crippen molar-refractivity contribution in [2.24, 2.45) is 5.92 Å². The highest BCUT2D eigenvalue weighted by Gasteiger charge is 2.16. The Bertz CT molecular complexity index is 454. The highest BCUT2D eigenvalue weighted by molar-refractivity contribution is 5.94. The number of aryl methyl sites for hydroxylation is 2. The Kier molecular flexibility index (Phi) is 4.89. The number of benzene rings is 1. The Morgan fingerprint density at radius 2 is 2.06 bits per heavy atom. The predicted molar refractivity (Wildman–Crippen MR) is 70.6 cm³/mol. The van der Waals surface area contributed by atoms with Gasteiger partial charge < -0.3 is 10.4 Å². The van der Waals surface area contributed by atoms with Gasteiger partial charge in [0.05, 0.1) is 5.92 Å². The average molecular weight is 249 g/mol. The van der Waals surface area contributed by atoms with Crippen LogP contribution in [0.3, 0.4) is 0 Å². The molecule has 0 heterocycles. The van der Waals surface area contributed by atoms with Crippen molar-refractivity contribution in [2.45, 2.75) is 33.6 Å². The van der Waals surface area contributed by atoms with Crippen molar-refractivity contribution in [3.05, 3.63) is 29.3 Å². The summed E-state index contributed by atoms with van der Waals surface area (Å²) in [7, 11) is 0. The first-order valence-corrected chi connectivity index (χ1v) is 6.06. The number of nitrogens with one attached hydrogen (secondary N) is 1. The van der Waals surface area contributed by atoms with Crippen LogP contribution in [0.5, 0.6) is 0 Å². The summed E-state index contributed by atoms with van der Waals surface area (Å²) in [6.45, 7) is 5.47. The molecule has 0 saturated heterocycles. The second kappa shape index (κ2) is 6.19. The van der Waals surface area contributed by atoms with E-state index in [0.717, 1.165) is 23.2 Å². The first-order chi connectivity index (χ1) is 8.45. The number of anilines is 1. The number of carbonyl (C=O) groups is 2. The topological polar surface area (TPSA) is 66.4 Å². The van der Waals surface area contributed by atoms with Gasteiger partial charge >= 0.3 is 5.97 Å². The number of hydrogen-bond donors (Lipinski definition) is 2. The van der Waals surface area contributed by atoms with Crippen LogP contribution in [0.4, 0.5) is 5.69 Å². The summed E-state index contributed by atoms with van der Waals surface area (Å²) in [4.78, 5) is 22.5. The van der Waals surface area contributed by atoms with Gasteiger partial charge in [-0.1, -0.05) is 32.0 Å². The molecule has 1 amide bonds. The predicted octanol–water partition coefficient (Wildman–Crippen LogP) is 2.61. The molecule has 18 heavy (non-hydrogen) atoms. The number of aliphatic carboxylic acids is 1. The van der Waals surface area contributed by atoms with Crippen molar-refractivity contribution >= 4 is 17.6 Å². The highest BCUT2D eigenvalue weighted by Crippen LogP contribution is 2.21. The molecule has 1 aromatic rings. The van der Waals surface area contributed by atoms with E-state index in [0.29, 0.717) is 0 Å². The summed E-state index contributed by atoms with van der Waals surface area (Å²) >= 11 is 0. The maximum atomic E-state index is 11.8. The zero-order valence-electron chi connectivity index (χ0n) is 11.0. The standard InChI is InChI=1S/C14H19NO3/c1-4-11-7-5-6-9(2)13(11)15-12(16)8-10(3)14(17)18/h5-7,10H,4,8H2,1-3H3,(H,15,16)(H,17,18). The van der Waals surface area contributed by atoms with Crippen molar-refractivity contribution < 1.29 is 14.7 Å². The first-order valence-electron chi connectivity index (χ1n) is 6.06. The Morgan fingerprint density at radius 3 is 2.61 bits per heavy atom. The zero-order valence-corrected chi connectivity index (χ0v) is 11.0. The van der Waals surface area contributed by atoms with Crippen molar-refractivity contribution in [3.63, 3.8) is 0 Å². The van der Waals surface area contributed by atoms with E-state index in [9.17, 15) is 9.59 Å². The van der Waals surface area contributed by atoms with Gasteiger partial charge in [-0.05, 0) is 24.5 Å². The fraction of sp³-hybridized carbons (Fsp3) is 0.429. The smallest absolute Gasteiger partial charge is 0.306 e. The summed E-state index contributed by atoms with van der Waals surface area (Å²) in [5, 5.41) is 11.6. The zero-order chi connectivity index (χ0) is 13.7. The van der Waals surface area contributed by atoms with E-state index in [1.807, 2.05) is 32.0 Å². The normalized spacial score (nSPS) is 11.9. The van der Waals surface area contributed by atoms with Crippen LogP contribution in [0.15, 0.2) is 18.2 Å². The minimum atomic E-state index is -0.953.